The number of hydrogen-bond donors (Lipinski definition) is 1. The van der Waals surface area contributed by atoms with E-state index in [1.165, 1.54) is 28.6 Å². The van der Waals surface area contributed by atoms with E-state index in [1.54, 1.807) is 0 Å². The van der Waals surface area contributed by atoms with Crippen molar-refractivity contribution in [2.24, 2.45) is 11.7 Å². The minimum atomic E-state index is -3.57. The minimum absolute atomic E-state index is 0. The van der Waals surface area contributed by atoms with Gasteiger partial charge < -0.3 is 5.73 Å². The van der Waals surface area contributed by atoms with E-state index in [4.69, 9.17) is 5.73 Å². The molecule has 112 valence electrons. The molecule has 1 aromatic rings. The molecule has 1 saturated heterocycles. The highest BCUT2D eigenvalue weighted by atomic mass is 35.5. The molecule has 1 aromatic carbocycles. The van der Waals surface area contributed by atoms with E-state index in [1.807, 2.05) is 0 Å². The van der Waals surface area contributed by atoms with Gasteiger partial charge in [0.1, 0.15) is 0 Å². The monoisotopic (exact) mass is 321 g/mol. The summed E-state index contributed by atoms with van der Waals surface area (Å²) in [5, 5.41) is 10.5. The average Bonchev–Trinajstić information content (AvgIpc) is 2.88. The second-order valence-corrected chi connectivity index (χ2v) is 6.44. The summed E-state index contributed by atoms with van der Waals surface area (Å²) in [4.78, 5) is 10.1. The Kier molecular flexibility index (Phi) is 5.46. The number of hydrogen-bond acceptors (Lipinski definition) is 5. The Bertz CT molecular complexity index is 576. The SMILES string of the molecule is Cl.NCC1CCN(S(=O)(=O)c2ccc([N+](=O)[O-])cc2)C1. The normalized spacial score (nSPS) is 19.6. The van der Waals surface area contributed by atoms with E-state index in [0.29, 0.717) is 19.6 Å². The Hall–Kier alpha value is -1.22. The molecule has 9 heteroatoms. The van der Waals surface area contributed by atoms with Gasteiger partial charge in [-0.15, -0.1) is 12.4 Å². The fourth-order valence-corrected chi connectivity index (χ4v) is 3.63. The fourth-order valence-electron chi connectivity index (χ4n) is 2.10. The molecule has 2 N–H and O–H groups in total. The van der Waals surface area contributed by atoms with Crippen molar-refractivity contribution in [3.05, 3.63) is 34.4 Å². The number of halogens is 1. The molecule has 2 rings (SSSR count). The number of rotatable bonds is 4. The van der Waals surface area contributed by atoms with Crippen molar-refractivity contribution in [1.82, 2.24) is 4.31 Å². The summed E-state index contributed by atoms with van der Waals surface area (Å²) >= 11 is 0. The van der Waals surface area contributed by atoms with Crippen LogP contribution in [0.2, 0.25) is 0 Å². The van der Waals surface area contributed by atoms with Gasteiger partial charge in [-0.25, -0.2) is 8.42 Å². The lowest BCUT2D eigenvalue weighted by molar-refractivity contribution is -0.384. The predicted octanol–water partition coefficient (Wildman–Crippen LogP) is 0.986. The molecule has 1 atom stereocenters. The number of non-ortho nitro benzene ring substituents is 1. The minimum Gasteiger partial charge on any atom is -0.330 e. The van der Waals surface area contributed by atoms with Crippen LogP contribution in [0.25, 0.3) is 0 Å². The van der Waals surface area contributed by atoms with Gasteiger partial charge in [-0.3, -0.25) is 10.1 Å². The first-order valence-electron chi connectivity index (χ1n) is 5.90. The maximum atomic E-state index is 12.3. The largest absolute Gasteiger partial charge is 0.330 e. The maximum Gasteiger partial charge on any atom is 0.269 e. The van der Waals surface area contributed by atoms with E-state index in [-0.39, 0.29) is 28.9 Å². The topological polar surface area (TPSA) is 107 Å². The third kappa shape index (κ3) is 3.26. The van der Waals surface area contributed by atoms with Crippen LogP contribution in [0.5, 0.6) is 0 Å². The van der Waals surface area contributed by atoms with Gasteiger partial charge in [-0.05, 0) is 31.0 Å². The number of nitro benzene ring substituents is 1. The van der Waals surface area contributed by atoms with Gasteiger partial charge in [0.15, 0.2) is 0 Å². The zero-order valence-corrected chi connectivity index (χ0v) is 12.3. The maximum absolute atomic E-state index is 12.3. The van der Waals surface area contributed by atoms with E-state index in [2.05, 4.69) is 0 Å². The quantitative estimate of drug-likeness (QED) is 0.657. The standard InChI is InChI=1S/C11H15N3O4S.ClH/c12-7-9-5-6-13(8-9)19(17,18)11-3-1-10(2-4-11)14(15)16;/h1-4,9H,5-8,12H2;1H. The number of nitrogens with two attached hydrogens (primary N) is 1. The zero-order chi connectivity index (χ0) is 14.0. The van der Waals surface area contributed by atoms with Crippen LogP contribution in [0.3, 0.4) is 0 Å². The molecule has 0 aliphatic carbocycles. The highest BCUT2D eigenvalue weighted by Crippen LogP contribution is 2.25. The lowest BCUT2D eigenvalue weighted by Gasteiger charge is -2.16. The van der Waals surface area contributed by atoms with Crippen LogP contribution < -0.4 is 5.73 Å². The van der Waals surface area contributed by atoms with Crippen molar-refractivity contribution >= 4 is 28.1 Å². The molecule has 0 aromatic heterocycles. The lowest BCUT2D eigenvalue weighted by atomic mass is 10.1. The summed E-state index contributed by atoms with van der Waals surface area (Å²) in [7, 11) is -3.57. The van der Waals surface area contributed by atoms with Crippen LogP contribution in [0.15, 0.2) is 29.2 Å². The van der Waals surface area contributed by atoms with E-state index in [0.717, 1.165) is 6.42 Å². The molecule has 7 nitrogen and oxygen atoms in total. The Labute approximate surface area is 123 Å². The van der Waals surface area contributed by atoms with Gasteiger partial charge in [0, 0.05) is 25.2 Å². The van der Waals surface area contributed by atoms with Crippen LogP contribution >= 0.6 is 12.4 Å². The average molecular weight is 322 g/mol. The van der Waals surface area contributed by atoms with Crippen molar-refractivity contribution in [1.29, 1.82) is 0 Å². The molecule has 0 spiro atoms. The van der Waals surface area contributed by atoms with E-state index < -0.39 is 14.9 Å². The first kappa shape index (κ1) is 16.8. The van der Waals surface area contributed by atoms with Crippen molar-refractivity contribution in [3.63, 3.8) is 0 Å². The molecule has 1 unspecified atom stereocenters. The smallest absolute Gasteiger partial charge is 0.269 e. The Morgan fingerprint density at radius 2 is 1.95 bits per heavy atom. The van der Waals surface area contributed by atoms with Crippen LogP contribution in [-0.4, -0.2) is 37.3 Å². The van der Waals surface area contributed by atoms with E-state index >= 15 is 0 Å². The molecule has 1 fully saturated rings. The molecule has 1 heterocycles. The van der Waals surface area contributed by atoms with Gasteiger partial charge in [-0.2, -0.15) is 4.31 Å². The summed E-state index contributed by atoms with van der Waals surface area (Å²) < 4.78 is 26.0. The molecular weight excluding hydrogens is 306 g/mol. The van der Waals surface area contributed by atoms with Crippen molar-refractivity contribution in [2.45, 2.75) is 11.3 Å². The van der Waals surface area contributed by atoms with Crippen LogP contribution in [-0.2, 0) is 10.0 Å². The summed E-state index contributed by atoms with van der Waals surface area (Å²) in [6, 6.07) is 4.93. The molecule has 1 aliphatic rings. The summed E-state index contributed by atoms with van der Waals surface area (Å²) in [5.41, 5.74) is 5.41. The van der Waals surface area contributed by atoms with Gasteiger partial charge in [-0.1, -0.05) is 0 Å². The van der Waals surface area contributed by atoms with Gasteiger partial charge in [0.25, 0.3) is 5.69 Å². The van der Waals surface area contributed by atoms with E-state index in [9.17, 15) is 18.5 Å². The lowest BCUT2D eigenvalue weighted by Crippen LogP contribution is -2.30. The molecule has 0 saturated carbocycles. The van der Waals surface area contributed by atoms with Gasteiger partial charge in [0.2, 0.25) is 10.0 Å². The summed E-state index contributed by atoms with van der Waals surface area (Å²) in [6.45, 7) is 1.32. The number of sulfonamides is 1. The van der Waals surface area contributed by atoms with Crippen LogP contribution in [0.1, 0.15) is 6.42 Å². The van der Waals surface area contributed by atoms with Crippen molar-refractivity contribution < 1.29 is 13.3 Å². The Morgan fingerprint density at radius 3 is 2.40 bits per heavy atom. The third-order valence-electron chi connectivity index (χ3n) is 3.27. The first-order chi connectivity index (χ1) is 8.95. The summed E-state index contributed by atoms with van der Waals surface area (Å²) in [6.07, 6.45) is 0.753. The zero-order valence-electron chi connectivity index (χ0n) is 10.6. The predicted molar refractivity (Wildman–Crippen MR) is 76.3 cm³/mol. The van der Waals surface area contributed by atoms with Crippen molar-refractivity contribution in [2.75, 3.05) is 19.6 Å². The van der Waals surface area contributed by atoms with Gasteiger partial charge >= 0.3 is 0 Å². The number of nitro groups is 1. The second kappa shape index (κ2) is 6.49. The second-order valence-electron chi connectivity index (χ2n) is 4.50. The van der Waals surface area contributed by atoms with Crippen molar-refractivity contribution in [3.8, 4) is 0 Å². The Morgan fingerprint density at radius 1 is 1.35 bits per heavy atom. The fraction of sp³-hybridized carbons (Fsp3) is 0.455. The number of benzene rings is 1. The van der Waals surface area contributed by atoms with Crippen LogP contribution in [0, 0.1) is 16.0 Å². The Balaban J connectivity index is 0.00000200. The summed E-state index contributed by atoms with van der Waals surface area (Å²) in [5.74, 6) is 0.188. The molecule has 0 amide bonds. The molecule has 0 bridgehead atoms. The third-order valence-corrected chi connectivity index (χ3v) is 5.15. The molecule has 1 aliphatic heterocycles. The first-order valence-corrected chi connectivity index (χ1v) is 7.34. The van der Waals surface area contributed by atoms with Gasteiger partial charge in [0.05, 0.1) is 9.82 Å². The number of nitrogens with zero attached hydrogens (tertiary/aromatic N) is 2. The molecule has 20 heavy (non-hydrogen) atoms. The highest BCUT2D eigenvalue weighted by Gasteiger charge is 2.31. The highest BCUT2D eigenvalue weighted by molar-refractivity contribution is 7.89. The van der Waals surface area contributed by atoms with Crippen LogP contribution in [0.4, 0.5) is 5.69 Å². The molecule has 0 radical (unpaired) electrons. The molecular formula is C11H16ClN3O4S.